The second-order valence-corrected chi connectivity index (χ2v) is 9.41. The number of amides is 3. The molecule has 1 saturated heterocycles. The number of carbonyl (C=O) groups is 4. The van der Waals surface area contributed by atoms with Crippen molar-refractivity contribution in [3.8, 4) is 0 Å². The van der Waals surface area contributed by atoms with Crippen LogP contribution in [0.25, 0.3) is 0 Å². The number of likely N-dealkylation sites (N-methyl/N-ethyl adjacent to an activating group) is 1. The van der Waals surface area contributed by atoms with Crippen molar-refractivity contribution in [2.24, 2.45) is 0 Å². The van der Waals surface area contributed by atoms with Crippen molar-refractivity contribution >= 4 is 33.5 Å². The molecule has 0 aromatic heterocycles. The molecule has 3 amide bonds. The van der Waals surface area contributed by atoms with E-state index in [9.17, 15) is 27.6 Å². The van der Waals surface area contributed by atoms with E-state index >= 15 is 0 Å². The molecular formula is C23H30N2O7S. The average Bonchev–Trinajstić information content (AvgIpc) is 3.24. The SMILES string of the molecule is CCN(CC)C(=O)C(/C=C/S(=O)(=O)c1ccccc1)(CC)OC(=O)CC(=O)N1CCCC1=O. The van der Waals surface area contributed by atoms with E-state index in [1.807, 2.05) is 0 Å². The van der Waals surface area contributed by atoms with Crippen LogP contribution >= 0.6 is 0 Å². The van der Waals surface area contributed by atoms with Crippen molar-refractivity contribution < 1.29 is 32.3 Å². The molecule has 1 atom stereocenters. The van der Waals surface area contributed by atoms with Crippen molar-refractivity contribution in [2.45, 2.75) is 57.0 Å². The van der Waals surface area contributed by atoms with E-state index in [1.165, 1.54) is 17.0 Å². The monoisotopic (exact) mass is 478 g/mol. The van der Waals surface area contributed by atoms with Crippen molar-refractivity contribution in [1.29, 1.82) is 0 Å². The van der Waals surface area contributed by atoms with E-state index in [0.717, 1.165) is 16.4 Å². The fourth-order valence-electron chi connectivity index (χ4n) is 3.53. The number of nitrogens with zero attached hydrogens (tertiary/aromatic N) is 2. The van der Waals surface area contributed by atoms with Gasteiger partial charge in [0, 0.05) is 31.5 Å². The van der Waals surface area contributed by atoms with Gasteiger partial charge in [0.1, 0.15) is 6.42 Å². The first-order chi connectivity index (χ1) is 15.6. The maximum atomic E-state index is 13.3. The lowest BCUT2D eigenvalue weighted by molar-refractivity contribution is -0.170. The maximum absolute atomic E-state index is 13.3. The molecule has 1 aromatic carbocycles. The van der Waals surface area contributed by atoms with Crippen LogP contribution in [0.5, 0.6) is 0 Å². The van der Waals surface area contributed by atoms with Crippen LogP contribution in [0, 0.1) is 0 Å². The number of ether oxygens (including phenoxy) is 1. The van der Waals surface area contributed by atoms with Gasteiger partial charge in [-0.05, 0) is 44.9 Å². The van der Waals surface area contributed by atoms with Crippen LogP contribution in [0.1, 0.15) is 46.5 Å². The molecule has 1 aliphatic heterocycles. The fourth-order valence-corrected chi connectivity index (χ4v) is 4.62. The van der Waals surface area contributed by atoms with Gasteiger partial charge >= 0.3 is 5.97 Å². The lowest BCUT2D eigenvalue weighted by Crippen LogP contribution is -2.50. The molecule has 0 bridgehead atoms. The van der Waals surface area contributed by atoms with E-state index in [0.29, 0.717) is 19.5 Å². The zero-order chi connectivity index (χ0) is 24.6. The molecule has 1 unspecified atom stereocenters. The smallest absolute Gasteiger partial charge is 0.316 e. The van der Waals surface area contributed by atoms with Gasteiger partial charge in [-0.15, -0.1) is 0 Å². The molecule has 10 heteroatoms. The van der Waals surface area contributed by atoms with Gasteiger partial charge < -0.3 is 9.64 Å². The fraction of sp³-hybridized carbons (Fsp3) is 0.478. The van der Waals surface area contributed by atoms with E-state index in [4.69, 9.17) is 4.74 Å². The zero-order valence-electron chi connectivity index (χ0n) is 19.2. The number of hydrogen-bond acceptors (Lipinski definition) is 7. The van der Waals surface area contributed by atoms with Gasteiger partial charge in [-0.25, -0.2) is 8.42 Å². The molecule has 33 heavy (non-hydrogen) atoms. The topological polar surface area (TPSA) is 118 Å². The molecule has 1 aromatic rings. The van der Waals surface area contributed by atoms with Gasteiger partial charge in [0.15, 0.2) is 9.84 Å². The molecule has 180 valence electrons. The zero-order valence-corrected chi connectivity index (χ0v) is 20.0. The standard InChI is InChI=1S/C23H30N2O7S/c1-4-23(22(29)24(5-2)6-3,14-16-33(30,31)18-11-8-7-9-12-18)32-21(28)17-20(27)25-15-10-13-19(25)26/h7-9,11-12,14,16H,4-6,10,13,15,17H2,1-3H3/b16-14+. The summed E-state index contributed by atoms with van der Waals surface area (Å²) >= 11 is 0. The van der Waals surface area contributed by atoms with E-state index < -0.39 is 39.6 Å². The summed E-state index contributed by atoms with van der Waals surface area (Å²) in [7, 11) is -3.92. The quantitative estimate of drug-likeness (QED) is 0.373. The summed E-state index contributed by atoms with van der Waals surface area (Å²) in [6.07, 6.45) is 1.06. The van der Waals surface area contributed by atoms with Gasteiger partial charge in [-0.1, -0.05) is 25.1 Å². The van der Waals surface area contributed by atoms with Gasteiger partial charge in [0.25, 0.3) is 5.91 Å². The molecule has 9 nitrogen and oxygen atoms in total. The molecule has 1 heterocycles. The van der Waals surface area contributed by atoms with Crippen LogP contribution in [0.2, 0.25) is 0 Å². The van der Waals surface area contributed by atoms with Gasteiger partial charge in [-0.3, -0.25) is 24.1 Å². The summed E-state index contributed by atoms with van der Waals surface area (Å²) in [6, 6.07) is 7.64. The predicted molar refractivity (Wildman–Crippen MR) is 120 cm³/mol. The van der Waals surface area contributed by atoms with Crippen molar-refractivity contribution in [3.63, 3.8) is 0 Å². The van der Waals surface area contributed by atoms with Crippen LogP contribution in [-0.4, -0.2) is 67.1 Å². The van der Waals surface area contributed by atoms with Crippen LogP contribution in [0.15, 0.2) is 46.7 Å². The van der Waals surface area contributed by atoms with Crippen LogP contribution in [0.4, 0.5) is 0 Å². The van der Waals surface area contributed by atoms with Crippen molar-refractivity contribution in [3.05, 3.63) is 41.8 Å². The Morgan fingerprint density at radius 3 is 2.27 bits per heavy atom. The number of sulfone groups is 1. The largest absolute Gasteiger partial charge is 0.444 e. The lowest BCUT2D eigenvalue weighted by Gasteiger charge is -2.33. The minimum atomic E-state index is -3.92. The van der Waals surface area contributed by atoms with Crippen molar-refractivity contribution in [1.82, 2.24) is 9.80 Å². The molecule has 2 rings (SSSR count). The number of esters is 1. The van der Waals surface area contributed by atoms with Gasteiger partial charge in [-0.2, -0.15) is 0 Å². The minimum absolute atomic E-state index is 0.0237. The molecule has 0 spiro atoms. The molecule has 0 saturated carbocycles. The summed E-state index contributed by atoms with van der Waals surface area (Å²) in [5.74, 6) is -2.66. The highest BCUT2D eigenvalue weighted by molar-refractivity contribution is 7.94. The van der Waals surface area contributed by atoms with E-state index in [1.54, 1.807) is 39.0 Å². The molecular weight excluding hydrogens is 448 g/mol. The third-order valence-electron chi connectivity index (χ3n) is 5.49. The second kappa shape index (κ2) is 11.2. The number of imide groups is 1. The number of carbonyl (C=O) groups excluding carboxylic acids is 4. The minimum Gasteiger partial charge on any atom is -0.444 e. The third-order valence-corrected chi connectivity index (χ3v) is 6.92. The van der Waals surface area contributed by atoms with Gasteiger partial charge in [0.05, 0.1) is 4.90 Å². The first kappa shape index (κ1) is 26.2. The maximum Gasteiger partial charge on any atom is 0.316 e. The Hall–Kier alpha value is -3.01. The third kappa shape index (κ3) is 6.28. The molecule has 0 aliphatic carbocycles. The number of rotatable bonds is 10. The highest BCUT2D eigenvalue weighted by atomic mass is 32.2. The first-order valence-corrected chi connectivity index (χ1v) is 12.5. The lowest BCUT2D eigenvalue weighted by atomic mass is 9.98. The number of hydrogen-bond donors (Lipinski definition) is 0. The number of likely N-dealkylation sites (tertiary alicyclic amines) is 1. The molecule has 1 fully saturated rings. The highest BCUT2D eigenvalue weighted by Crippen LogP contribution is 2.25. The normalized spacial score (nSPS) is 16.0. The molecule has 0 radical (unpaired) electrons. The summed E-state index contributed by atoms with van der Waals surface area (Å²) in [5, 5.41) is 0.854. The highest BCUT2D eigenvalue weighted by Gasteiger charge is 2.42. The molecule has 1 aliphatic rings. The summed E-state index contributed by atoms with van der Waals surface area (Å²) in [5.41, 5.74) is -1.92. The predicted octanol–water partition coefficient (Wildman–Crippen LogP) is 2.07. The van der Waals surface area contributed by atoms with E-state index in [-0.39, 0.29) is 30.2 Å². The van der Waals surface area contributed by atoms with Crippen LogP contribution < -0.4 is 0 Å². The Morgan fingerprint density at radius 1 is 1.12 bits per heavy atom. The van der Waals surface area contributed by atoms with E-state index in [2.05, 4.69) is 0 Å². The molecule has 0 N–H and O–H groups in total. The van der Waals surface area contributed by atoms with Gasteiger partial charge in [0.2, 0.25) is 17.4 Å². The average molecular weight is 479 g/mol. The Bertz CT molecular complexity index is 1020. The first-order valence-electron chi connectivity index (χ1n) is 10.9. The van der Waals surface area contributed by atoms with Crippen molar-refractivity contribution in [2.75, 3.05) is 19.6 Å². The Kier molecular flexibility index (Phi) is 8.92. The Labute approximate surface area is 194 Å². The second-order valence-electron chi connectivity index (χ2n) is 7.57. The number of benzene rings is 1. The summed E-state index contributed by atoms with van der Waals surface area (Å²) < 4.78 is 31.0. The van der Waals surface area contributed by atoms with Crippen LogP contribution in [0.3, 0.4) is 0 Å². The summed E-state index contributed by atoms with van der Waals surface area (Å²) in [4.78, 5) is 52.5. The Morgan fingerprint density at radius 2 is 1.76 bits per heavy atom. The summed E-state index contributed by atoms with van der Waals surface area (Å²) in [6.45, 7) is 5.94. The van der Waals surface area contributed by atoms with Crippen LogP contribution in [-0.2, 0) is 33.8 Å². The Balaban J connectivity index is 2.35.